The van der Waals surface area contributed by atoms with E-state index in [1.165, 1.54) is 0 Å². The first-order chi connectivity index (χ1) is 7.96. The van der Waals surface area contributed by atoms with E-state index in [0.717, 1.165) is 0 Å². The molecule has 0 bridgehead atoms. The van der Waals surface area contributed by atoms with E-state index in [2.05, 4.69) is 10.0 Å². The fourth-order valence-electron chi connectivity index (χ4n) is 2.19. The van der Waals surface area contributed by atoms with Gasteiger partial charge in [0.2, 0.25) is 10.0 Å². The third kappa shape index (κ3) is 2.30. The Kier molecular flexibility index (Phi) is 3.15. The second-order valence-electron chi connectivity index (χ2n) is 4.78. The van der Waals surface area contributed by atoms with Gasteiger partial charge in [0.1, 0.15) is 5.54 Å². The van der Waals surface area contributed by atoms with E-state index in [9.17, 15) is 17.6 Å². The van der Waals surface area contributed by atoms with Crippen LogP contribution < -0.4 is 10.0 Å². The van der Waals surface area contributed by atoms with E-state index >= 15 is 0 Å². The van der Waals surface area contributed by atoms with Crippen molar-refractivity contribution in [1.29, 1.82) is 0 Å². The Morgan fingerprint density at radius 1 is 1.47 bits per heavy atom. The third-order valence-corrected chi connectivity index (χ3v) is 5.43. The number of hydrogen-bond acceptors (Lipinski definition) is 4. The van der Waals surface area contributed by atoms with E-state index in [1.807, 2.05) is 0 Å². The van der Waals surface area contributed by atoms with Crippen LogP contribution >= 0.6 is 0 Å². The Bertz CT molecular complexity index is 421. The van der Waals surface area contributed by atoms with Crippen LogP contribution in [0.5, 0.6) is 0 Å². The highest BCUT2D eigenvalue weighted by Gasteiger charge is 2.59. The number of alkyl halides is 1. The van der Waals surface area contributed by atoms with Crippen LogP contribution in [-0.2, 0) is 14.8 Å². The Labute approximate surface area is 100 Å². The van der Waals surface area contributed by atoms with Gasteiger partial charge in [-0.2, -0.15) is 0 Å². The van der Waals surface area contributed by atoms with Crippen LogP contribution in [0.15, 0.2) is 0 Å². The molecule has 98 valence electrons. The number of rotatable bonds is 6. The zero-order chi connectivity index (χ0) is 12.7. The minimum absolute atomic E-state index is 0.105. The summed E-state index contributed by atoms with van der Waals surface area (Å²) in [5.41, 5.74) is -0.881. The molecule has 2 atom stereocenters. The fraction of sp³-hybridized carbons (Fsp3) is 0.900. The first-order valence-electron chi connectivity index (χ1n) is 5.77. The monoisotopic (exact) mass is 264 g/mol. The van der Waals surface area contributed by atoms with Gasteiger partial charge in [-0.1, -0.05) is 0 Å². The van der Waals surface area contributed by atoms with Crippen LogP contribution in [0.1, 0.15) is 25.7 Å². The summed E-state index contributed by atoms with van der Waals surface area (Å²) in [5.74, 6) is -0.641. The van der Waals surface area contributed by atoms with Crippen LogP contribution in [0.4, 0.5) is 4.39 Å². The molecule has 2 rings (SSSR count). The van der Waals surface area contributed by atoms with Crippen LogP contribution in [-0.4, -0.2) is 38.8 Å². The van der Waals surface area contributed by atoms with Crippen molar-refractivity contribution in [3.05, 3.63) is 0 Å². The summed E-state index contributed by atoms with van der Waals surface area (Å²) < 4.78 is 37.6. The van der Waals surface area contributed by atoms with Crippen LogP contribution in [0.2, 0.25) is 0 Å². The molecule has 0 radical (unpaired) electrons. The van der Waals surface area contributed by atoms with Gasteiger partial charge in [-0.25, -0.2) is 8.42 Å². The number of halogens is 1. The summed E-state index contributed by atoms with van der Waals surface area (Å²) in [4.78, 5) is 11.9. The van der Waals surface area contributed by atoms with Gasteiger partial charge in [0.15, 0.2) is 0 Å². The molecule has 2 aliphatic carbocycles. The lowest BCUT2D eigenvalue weighted by molar-refractivity contribution is -0.122. The summed E-state index contributed by atoms with van der Waals surface area (Å²) in [6.45, 7) is -0.489. The van der Waals surface area contributed by atoms with Gasteiger partial charge in [0.05, 0.1) is 11.9 Å². The molecule has 7 heteroatoms. The second-order valence-corrected chi connectivity index (χ2v) is 6.74. The molecular weight excluding hydrogens is 247 g/mol. The van der Waals surface area contributed by atoms with Crippen molar-refractivity contribution in [2.24, 2.45) is 5.92 Å². The summed E-state index contributed by atoms with van der Waals surface area (Å²) in [5, 5.41) is 2.41. The minimum atomic E-state index is -3.51. The number of nitrogens with one attached hydrogen (secondary N) is 2. The van der Waals surface area contributed by atoms with Crippen LogP contribution in [0.25, 0.3) is 0 Å². The van der Waals surface area contributed by atoms with E-state index in [-0.39, 0.29) is 12.3 Å². The Hall–Kier alpha value is -0.690. The lowest BCUT2D eigenvalue weighted by atomic mass is 10.1. The number of amides is 1. The van der Waals surface area contributed by atoms with E-state index in [1.54, 1.807) is 7.05 Å². The Morgan fingerprint density at radius 2 is 2.12 bits per heavy atom. The van der Waals surface area contributed by atoms with Crippen molar-refractivity contribution in [2.45, 2.75) is 36.5 Å². The van der Waals surface area contributed by atoms with E-state index in [4.69, 9.17) is 0 Å². The van der Waals surface area contributed by atoms with Crippen molar-refractivity contribution < 1.29 is 17.6 Å². The molecule has 0 aromatic rings. The number of carbonyl (C=O) groups is 1. The average Bonchev–Trinajstić information content (AvgIpc) is 3.13. The molecule has 0 saturated heterocycles. The molecule has 1 amide bonds. The van der Waals surface area contributed by atoms with Crippen molar-refractivity contribution in [3.8, 4) is 0 Å². The largest absolute Gasteiger partial charge is 0.306 e. The van der Waals surface area contributed by atoms with Crippen LogP contribution in [0, 0.1) is 5.92 Å². The molecule has 17 heavy (non-hydrogen) atoms. The van der Waals surface area contributed by atoms with Gasteiger partial charge in [0, 0.05) is 0 Å². The molecule has 2 saturated carbocycles. The highest BCUT2D eigenvalue weighted by molar-refractivity contribution is 7.90. The third-order valence-electron chi connectivity index (χ3n) is 3.61. The first kappa shape index (κ1) is 12.8. The minimum Gasteiger partial charge on any atom is -0.306 e. The van der Waals surface area contributed by atoms with E-state index < -0.39 is 33.4 Å². The topological polar surface area (TPSA) is 75.3 Å². The van der Waals surface area contributed by atoms with Crippen LogP contribution in [0.3, 0.4) is 0 Å². The van der Waals surface area contributed by atoms with Gasteiger partial charge >= 0.3 is 0 Å². The Morgan fingerprint density at radius 3 is 2.59 bits per heavy atom. The number of hydrogen-bond donors (Lipinski definition) is 2. The molecule has 0 heterocycles. The zero-order valence-electron chi connectivity index (χ0n) is 9.70. The summed E-state index contributed by atoms with van der Waals surface area (Å²) in [7, 11) is -1.91. The smallest absolute Gasteiger partial charge is 0.254 e. The standard InChI is InChI=1S/C10H17FN2O3S/c1-12-10(6-7(10)4-5-11)9(14)13-17(15,16)8-2-3-8/h7-8,12H,2-6H2,1H3,(H,13,14)/t7-,10-/m1/s1. The quantitative estimate of drug-likeness (QED) is 0.704. The normalized spacial score (nSPS) is 32.2. The summed E-state index contributed by atoms with van der Waals surface area (Å²) in [6, 6.07) is 0. The van der Waals surface area contributed by atoms with Crippen molar-refractivity contribution in [2.75, 3.05) is 13.7 Å². The van der Waals surface area contributed by atoms with Crippen molar-refractivity contribution >= 4 is 15.9 Å². The lowest BCUT2D eigenvalue weighted by Gasteiger charge is -2.16. The van der Waals surface area contributed by atoms with Crippen molar-refractivity contribution in [1.82, 2.24) is 10.0 Å². The predicted octanol–water partition coefficient (Wildman–Crippen LogP) is -0.0675. The number of likely N-dealkylation sites (N-methyl/N-ethyl adjacent to an activating group) is 1. The SMILES string of the molecule is CN[C@]1(C(=O)NS(=O)(=O)C2CC2)C[C@H]1CCF. The van der Waals surface area contributed by atoms with Gasteiger partial charge in [-0.3, -0.25) is 13.9 Å². The fourth-order valence-corrected chi connectivity index (χ4v) is 3.55. The van der Waals surface area contributed by atoms with Gasteiger partial charge in [-0.05, 0) is 38.6 Å². The molecule has 5 nitrogen and oxygen atoms in total. The van der Waals surface area contributed by atoms with Gasteiger partial charge < -0.3 is 5.32 Å². The molecule has 0 aliphatic heterocycles. The van der Waals surface area contributed by atoms with Gasteiger partial charge in [-0.15, -0.1) is 0 Å². The Balaban J connectivity index is 2.00. The molecule has 2 aliphatic rings. The highest BCUT2D eigenvalue weighted by Crippen LogP contribution is 2.46. The lowest BCUT2D eigenvalue weighted by Crippen LogP contribution is -2.49. The average molecular weight is 264 g/mol. The molecule has 2 fully saturated rings. The summed E-state index contributed by atoms with van der Waals surface area (Å²) >= 11 is 0. The molecule has 2 N–H and O–H groups in total. The maximum Gasteiger partial charge on any atom is 0.254 e. The summed E-state index contributed by atoms with van der Waals surface area (Å²) in [6.07, 6.45) is 2.02. The highest BCUT2D eigenvalue weighted by atomic mass is 32.2. The molecular formula is C10H17FN2O3S. The molecule has 0 aromatic heterocycles. The molecule has 0 spiro atoms. The van der Waals surface area contributed by atoms with Crippen molar-refractivity contribution in [3.63, 3.8) is 0 Å². The molecule has 0 unspecified atom stereocenters. The first-order valence-corrected chi connectivity index (χ1v) is 7.32. The van der Waals surface area contributed by atoms with Gasteiger partial charge in [0.25, 0.3) is 5.91 Å². The number of carbonyl (C=O) groups excluding carboxylic acids is 1. The number of sulfonamides is 1. The maximum absolute atomic E-state index is 12.2. The molecule has 0 aromatic carbocycles. The van der Waals surface area contributed by atoms with E-state index in [0.29, 0.717) is 19.3 Å². The maximum atomic E-state index is 12.2. The predicted molar refractivity (Wildman–Crippen MR) is 60.6 cm³/mol. The second kappa shape index (κ2) is 4.20. The zero-order valence-corrected chi connectivity index (χ0v) is 10.5.